The molecule has 0 spiro atoms. The van der Waals surface area contributed by atoms with Crippen LogP contribution in [0.1, 0.15) is 50.5 Å². The fourth-order valence-corrected chi connectivity index (χ4v) is 2.94. The van der Waals surface area contributed by atoms with Gasteiger partial charge in [0.1, 0.15) is 16.7 Å². The van der Waals surface area contributed by atoms with E-state index in [1.165, 1.54) is 32.0 Å². The fourth-order valence-electron chi connectivity index (χ4n) is 2.94. The van der Waals surface area contributed by atoms with Gasteiger partial charge in [-0.05, 0) is 40.2 Å². The first-order chi connectivity index (χ1) is 13.6. The van der Waals surface area contributed by atoms with Gasteiger partial charge in [-0.15, -0.1) is 0 Å². The van der Waals surface area contributed by atoms with Crippen molar-refractivity contribution in [3.05, 3.63) is 53.9 Å². The standard InChI is InChI=1S/C22H27F3N2O3/c1-20(2,3)30-18(28)16-13-27(12-15-10-8-7-9-11-15)14-17(16)26(6)21(4,5)19(29)22(23,24)25/h7-11,13-14H,12H2,1-6H3. The van der Waals surface area contributed by atoms with E-state index in [1.54, 1.807) is 31.5 Å². The molecule has 0 atom stereocenters. The predicted octanol–water partition coefficient (Wildman–Crippen LogP) is 4.84. The number of alkyl halides is 3. The number of esters is 1. The van der Waals surface area contributed by atoms with Gasteiger partial charge in [-0.2, -0.15) is 13.2 Å². The van der Waals surface area contributed by atoms with Crippen LogP contribution in [0.4, 0.5) is 18.9 Å². The van der Waals surface area contributed by atoms with Crippen LogP contribution in [0.5, 0.6) is 0 Å². The molecule has 0 radical (unpaired) electrons. The van der Waals surface area contributed by atoms with E-state index in [-0.39, 0.29) is 11.3 Å². The van der Waals surface area contributed by atoms with Crippen molar-refractivity contribution in [2.75, 3.05) is 11.9 Å². The highest BCUT2D eigenvalue weighted by molar-refractivity contribution is 6.00. The van der Waals surface area contributed by atoms with E-state index in [0.29, 0.717) is 6.54 Å². The third-order valence-corrected chi connectivity index (χ3v) is 4.70. The van der Waals surface area contributed by atoms with E-state index in [4.69, 9.17) is 4.74 Å². The number of carbonyl (C=O) groups is 2. The molecule has 5 nitrogen and oxygen atoms in total. The van der Waals surface area contributed by atoms with E-state index in [9.17, 15) is 22.8 Å². The Labute approximate surface area is 174 Å². The molecule has 2 rings (SSSR count). The minimum absolute atomic E-state index is 0.0893. The molecule has 164 valence electrons. The van der Waals surface area contributed by atoms with Crippen LogP contribution in [-0.2, 0) is 16.1 Å². The molecule has 0 aliphatic carbocycles. The summed E-state index contributed by atoms with van der Waals surface area (Å²) in [6.45, 7) is 7.86. The molecule has 0 amide bonds. The lowest BCUT2D eigenvalue weighted by Gasteiger charge is -2.36. The molecule has 0 N–H and O–H groups in total. The lowest BCUT2D eigenvalue weighted by Crippen LogP contribution is -2.53. The average molecular weight is 424 g/mol. The first-order valence-corrected chi connectivity index (χ1v) is 9.45. The number of Topliss-reactive ketones (excluding diaryl/α,β-unsaturated/α-hetero) is 1. The number of likely N-dealkylation sites (N-methyl/N-ethyl adjacent to an activating group) is 1. The minimum atomic E-state index is -5.00. The second kappa shape index (κ2) is 8.16. The number of rotatable bonds is 6. The van der Waals surface area contributed by atoms with Crippen molar-refractivity contribution in [2.45, 2.75) is 58.5 Å². The maximum absolute atomic E-state index is 13.1. The maximum Gasteiger partial charge on any atom is 0.452 e. The Morgan fingerprint density at radius 3 is 2.07 bits per heavy atom. The van der Waals surface area contributed by atoms with Crippen molar-refractivity contribution in [1.82, 2.24) is 4.57 Å². The predicted molar refractivity (Wildman–Crippen MR) is 109 cm³/mol. The normalized spacial score (nSPS) is 12.6. The van der Waals surface area contributed by atoms with Crippen LogP contribution in [0.25, 0.3) is 0 Å². The summed E-state index contributed by atoms with van der Waals surface area (Å²) in [5.74, 6) is -2.57. The summed E-state index contributed by atoms with van der Waals surface area (Å²) in [7, 11) is 1.36. The summed E-state index contributed by atoms with van der Waals surface area (Å²) in [6.07, 6.45) is -1.92. The molecule has 8 heteroatoms. The van der Waals surface area contributed by atoms with E-state index < -0.39 is 29.1 Å². The summed E-state index contributed by atoms with van der Waals surface area (Å²) in [6, 6.07) is 9.40. The number of halogens is 3. The highest BCUT2D eigenvalue weighted by Gasteiger charge is 2.50. The summed E-state index contributed by atoms with van der Waals surface area (Å²) in [5.41, 5.74) is -1.49. The van der Waals surface area contributed by atoms with Crippen molar-refractivity contribution in [1.29, 1.82) is 0 Å². The Bertz CT molecular complexity index is 910. The largest absolute Gasteiger partial charge is 0.456 e. The number of benzene rings is 1. The monoisotopic (exact) mass is 424 g/mol. The van der Waals surface area contributed by atoms with Gasteiger partial charge in [0.25, 0.3) is 5.78 Å². The zero-order chi connectivity index (χ0) is 22.9. The molecule has 0 saturated heterocycles. The lowest BCUT2D eigenvalue weighted by atomic mass is 9.95. The molecule has 30 heavy (non-hydrogen) atoms. The van der Waals surface area contributed by atoms with E-state index >= 15 is 0 Å². The number of nitrogens with zero attached hydrogens (tertiary/aromatic N) is 2. The smallest absolute Gasteiger partial charge is 0.452 e. The zero-order valence-corrected chi connectivity index (χ0v) is 18.0. The van der Waals surface area contributed by atoms with Crippen molar-refractivity contribution in [3.63, 3.8) is 0 Å². The SMILES string of the molecule is CN(c1cn(Cc2ccccc2)cc1C(=O)OC(C)(C)C)C(C)(C)C(=O)C(F)(F)F. The number of ether oxygens (including phenoxy) is 1. The van der Waals surface area contributed by atoms with Gasteiger partial charge < -0.3 is 14.2 Å². The first kappa shape index (κ1) is 23.5. The molecular weight excluding hydrogens is 397 g/mol. The average Bonchev–Trinajstić information content (AvgIpc) is 3.02. The summed E-state index contributed by atoms with van der Waals surface area (Å²) < 4.78 is 46.5. The van der Waals surface area contributed by atoms with Gasteiger partial charge in [-0.3, -0.25) is 4.79 Å². The molecule has 0 saturated carbocycles. The summed E-state index contributed by atoms with van der Waals surface area (Å²) in [4.78, 5) is 26.0. The summed E-state index contributed by atoms with van der Waals surface area (Å²) in [5, 5.41) is 0. The van der Waals surface area contributed by atoms with Gasteiger partial charge in [0.2, 0.25) is 0 Å². The Kier molecular flexibility index (Phi) is 6.40. The molecule has 1 heterocycles. The molecular formula is C22H27F3N2O3. The molecule has 1 aromatic carbocycles. The van der Waals surface area contributed by atoms with Crippen LogP contribution in [-0.4, -0.2) is 40.7 Å². The third kappa shape index (κ3) is 5.43. The Morgan fingerprint density at radius 2 is 1.57 bits per heavy atom. The maximum atomic E-state index is 13.1. The molecule has 0 bridgehead atoms. The molecule has 2 aromatic rings. The number of anilines is 1. The van der Waals surface area contributed by atoms with Gasteiger partial charge in [0, 0.05) is 26.0 Å². The second-order valence-electron chi connectivity index (χ2n) is 8.66. The quantitative estimate of drug-likeness (QED) is 0.623. The zero-order valence-electron chi connectivity index (χ0n) is 18.0. The molecule has 0 unspecified atom stereocenters. The van der Waals surface area contributed by atoms with Crippen molar-refractivity contribution < 1.29 is 27.5 Å². The van der Waals surface area contributed by atoms with Gasteiger partial charge in [0.05, 0.1) is 5.69 Å². The van der Waals surface area contributed by atoms with Gasteiger partial charge >= 0.3 is 12.1 Å². The minimum Gasteiger partial charge on any atom is -0.456 e. The number of aromatic nitrogens is 1. The molecule has 0 aliphatic rings. The third-order valence-electron chi connectivity index (χ3n) is 4.70. The van der Waals surface area contributed by atoms with Gasteiger partial charge in [-0.1, -0.05) is 30.3 Å². The lowest BCUT2D eigenvalue weighted by molar-refractivity contribution is -0.175. The highest BCUT2D eigenvalue weighted by atomic mass is 19.4. The number of carbonyl (C=O) groups excluding carboxylic acids is 2. The Balaban J connectivity index is 2.49. The topological polar surface area (TPSA) is 51.5 Å². The van der Waals surface area contributed by atoms with Crippen LogP contribution in [0.3, 0.4) is 0 Å². The van der Waals surface area contributed by atoms with E-state index in [1.807, 2.05) is 30.3 Å². The Hall–Kier alpha value is -2.77. The Morgan fingerprint density at radius 1 is 1.00 bits per heavy atom. The highest BCUT2D eigenvalue weighted by Crippen LogP contribution is 2.33. The molecule has 0 fully saturated rings. The molecule has 1 aromatic heterocycles. The van der Waals surface area contributed by atoms with Crippen LogP contribution >= 0.6 is 0 Å². The van der Waals surface area contributed by atoms with Gasteiger partial charge in [-0.25, -0.2) is 4.79 Å². The van der Waals surface area contributed by atoms with Crippen molar-refractivity contribution >= 4 is 17.4 Å². The fraction of sp³-hybridized carbons (Fsp3) is 0.455. The summed E-state index contributed by atoms with van der Waals surface area (Å²) >= 11 is 0. The van der Waals surface area contributed by atoms with Crippen LogP contribution in [0.15, 0.2) is 42.7 Å². The van der Waals surface area contributed by atoms with Crippen molar-refractivity contribution in [3.8, 4) is 0 Å². The number of ketones is 1. The van der Waals surface area contributed by atoms with Crippen LogP contribution < -0.4 is 4.90 Å². The second-order valence-corrected chi connectivity index (χ2v) is 8.66. The first-order valence-electron chi connectivity index (χ1n) is 9.45. The van der Waals surface area contributed by atoms with Crippen LogP contribution in [0, 0.1) is 0 Å². The van der Waals surface area contributed by atoms with Gasteiger partial charge in [0.15, 0.2) is 0 Å². The number of hydrogen-bond acceptors (Lipinski definition) is 4. The van der Waals surface area contributed by atoms with E-state index in [2.05, 4.69) is 0 Å². The number of hydrogen-bond donors (Lipinski definition) is 0. The van der Waals surface area contributed by atoms with Crippen molar-refractivity contribution in [2.24, 2.45) is 0 Å². The van der Waals surface area contributed by atoms with Crippen LogP contribution in [0.2, 0.25) is 0 Å². The molecule has 0 aliphatic heterocycles. The van der Waals surface area contributed by atoms with E-state index in [0.717, 1.165) is 5.56 Å².